The van der Waals surface area contributed by atoms with Gasteiger partial charge in [0.15, 0.2) is 0 Å². The lowest BCUT2D eigenvalue weighted by Crippen LogP contribution is -2.38. The smallest absolute Gasteiger partial charge is 0.123 e. The zero-order valence-electron chi connectivity index (χ0n) is 10.9. The molecule has 1 aromatic carbocycles. The third kappa shape index (κ3) is 4.74. The summed E-state index contributed by atoms with van der Waals surface area (Å²) in [5.74, 6) is 8.73. The number of hydrogen-bond acceptors (Lipinski definition) is 3. The van der Waals surface area contributed by atoms with Crippen molar-refractivity contribution in [2.75, 3.05) is 11.5 Å². The maximum absolute atomic E-state index is 13.3. The molecule has 0 aromatic heterocycles. The van der Waals surface area contributed by atoms with Gasteiger partial charge >= 0.3 is 0 Å². The van der Waals surface area contributed by atoms with E-state index in [0.717, 1.165) is 28.8 Å². The van der Waals surface area contributed by atoms with Crippen LogP contribution in [0.4, 0.5) is 4.39 Å². The average molecular weight is 347 g/mol. The van der Waals surface area contributed by atoms with Gasteiger partial charge in [-0.15, -0.1) is 0 Å². The second kappa shape index (κ2) is 7.62. The van der Waals surface area contributed by atoms with E-state index in [9.17, 15) is 4.39 Å². The molecule has 0 saturated carbocycles. The van der Waals surface area contributed by atoms with Crippen molar-refractivity contribution in [3.63, 3.8) is 0 Å². The van der Waals surface area contributed by atoms with E-state index in [0.29, 0.717) is 0 Å². The number of thioether (sulfide) groups is 1. The Balaban J connectivity index is 1.95. The van der Waals surface area contributed by atoms with Gasteiger partial charge < -0.3 is 0 Å². The molecule has 1 aliphatic rings. The van der Waals surface area contributed by atoms with Gasteiger partial charge in [-0.05, 0) is 66.9 Å². The molecule has 0 radical (unpaired) electrons. The van der Waals surface area contributed by atoms with Crippen molar-refractivity contribution in [2.24, 2.45) is 11.8 Å². The Bertz CT molecular complexity index is 410. The van der Waals surface area contributed by atoms with Gasteiger partial charge in [0.25, 0.3) is 0 Å². The van der Waals surface area contributed by atoms with Crippen LogP contribution in [0.2, 0.25) is 0 Å². The Labute approximate surface area is 126 Å². The number of nitrogens with one attached hydrogen (secondary N) is 1. The maximum atomic E-state index is 13.3. The van der Waals surface area contributed by atoms with Crippen molar-refractivity contribution in [1.82, 2.24) is 5.43 Å². The van der Waals surface area contributed by atoms with Crippen LogP contribution in [0.15, 0.2) is 22.7 Å². The van der Waals surface area contributed by atoms with Crippen molar-refractivity contribution < 1.29 is 4.39 Å². The molecule has 1 aliphatic heterocycles. The molecule has 1 unspecified atom stereocenters. The fraction of sp³-hybridized carbons (Fsp3) is 0.571. The summed E-state index contributed by atoms with van der Waals surface area (Å²) in [6.45, 7) is 0. The molecule has 1 atom stereocenters. The molecule has 1 fully saturated rings. The fourth-order valence-corrected chi connectivity index (χ4v) is 4.17. The summed E-state index contributed by atoms with van der Waals surface area (Å²) >= 11 is 5.51. The first-order valence-electron chi connectivity index (χ1n) is 6.67. The minimum absolute atomic E-state index is 0.192. The first kappa shape index (κ1) is 15.3. The van der Waals surface area contributed by atoms with Crippen LogP contribution in [0.5, 0.6) is 0 Å². The molecule has 2 rings (SSSR count). The first-order chi connectivity index (χ1) is 9.19. The molecule has 1 saturated heterocycles. The summed E-state index contributed by atoms with van der Waals surface area (Å²) in [5, 5.41) is 0. The molecule has 2 nitrogen and oxygen atoms in total. The predicted octanol–water partition coefficient (Wildman–Crippen LogP) is 3.50. The normalized spacial score (nSPS) is 18.5. The number of halogens is 2. The van der Waals surface area contributed by atoms with Gasteiger partial charge in [0.05, 0.1) is 0 Å². The molecule has 5 heteroatoms. The highest BCUT2D eigenvalue weighted by molar-refractivity contribution is 9.10. The van der Waals surface area contributed by atoms with Gasteiger partial charge in [0.2, 0.25) is 0 Å². The summed E-state index contributed by atoms with van der Waals surface area (Å²) in [5.41, 5.74) is 3.87. The van der Waals surface area contributed by atoms with Crippen molar-refractivity contribution in [1.29, 1.82) is 0 Å². The summed E-state index contributed by atoms with van der Waals surface area (Å²) in [4.78, 5) is 0. The summed E-state index contributed by atoms with van der Waals surface area (Å²) in [6, 6.07) is 5.03. The number of rotatable bonds is 5. The van der Waals surface area contributed by atoms with Crippen molar-refractivity contribution in [3.05, 3.63) is 34.1 Å². The van der Waals surface area contributed by atoms with Crippen molar-refractivity contribution >= 4 is 27.7 Å². The molecule has 0 bridgehead atoms. The minimum Gasteiger partial charge on any atom is -0.271 e. The quantitative estimate of drug-likeness (QED) is 0.633. The van der Waals surface area contributed by atoms with E-state index in [1.54, 1.807) is 12.1 Å². The largest absolute Gasteiger partial charge is 0.271 e. The number of hydrazine groups is 1. The number of nitrogens with two attached hydrogens (primary N) is 1. The zero-order chi connectivity index (χ0) is 13.7. The van der Waals surface area contributed by atoms with E-state index in [-0.39, 0.29) is 11.9 Å². The fourth-order valence-electron chi connectivity index (χ4n) is 2.56. The molecule has 19 heavy (non-hydrogen) atoms. The average Bonchev–Trinajstić information content (AvgIpc) is 2.43. The van der Waals surface area contributed by atoms with Gasteiger partial charge in [0.1, 0.15) is 5.82 Å². The third-order valence-corrected chi connectivity index (χ3v) is 5.49. The molecule has 0 spiro atoms. The maximum Gasteiger partial charge on any atom is 0.123 e. The lowest BCUT2D eigenvalue weighted by Gasteiger charge is -2.26. The van der Waals surface area contributed by atoms with Gasteiger partial charge in [-0.2, -0.15) is 11.8 Å². The highest BCUT2D eigenvalue weighted by Crippen LogP contribution is 2.28. The zero-order valence-corrected chi connectivity index (χ0v) is 13.3. The van der Waals surface area contributed by atoms with Crippen LogP contribution in [0, 0.1) is 11.7 Å². The van der Waals surface area contributed by atoms with Crippen LogP contribution in [-0.4, -0.2) is 17.5 Å². The molecule has 3 N–H and O–H groups in total. The molecule has 106 valence electrons. The van der Waals surface area contributed by atoms with Gasteiger partial charge in [0, 0.05) is 10.5 Å². The Morgan fingerprint density at radius 3 is 2.84 bits per heavy atom. The van der Waals surface area contributed by atoms with Gasteiger partial charge in [-0.25, -0.2) is 4.39 Å². The summed E-state index contributed by atoms with van der Waals surface area (Å²) in [6.07, 6.45) is 4.37. The standard InChI is InChI=1S/C14H20BrFN2S/c15-14-2-1-12(16)8-11(14)9-13(18-17)7-10-3-5-19-6-4-10/h1-2,8,10,13,18H,3-7,9,17H2. The lowest BCUT2D eigenvalue weighted by atomic mass is 9.91. The van der Waals surface area contributed by atoms with Gasteiger partial charge in [-0.3, -0.25) is 11.3 Å². The van der Waals surface area contributed by atoms with E-state index in [1.807, 2.05) is 11.8 Å². The Hall–Kier alpha value is -0.100. The second-order valence-corrected chi connectivity index (χ2v) is 7.17. The molecular formula is C14H20BrFN2S. The van der Waals surface area contributed by atoms with E-state index in [2.05, 4.69) is 21.4 Å². The molecule has 0 aliphatic carbocycles. The highest BCUT2D eigenvalue weighted by atomic mass is 79.9. The first-order valence-corrected chi connectivity index (χ1v) is 8.61. The van der Waals surface area contributed by atoms with Crippen LogP contribution in [-0.2, 0) is 6.42 Å². The van der Waals surface area contributed by atoms with Crippen LogP contribution < -0.4 is 11.3 Å². The summed E-state index contributed by atoms with van der Waals surface area (Å²) < 4.78 is 14.2. The van der Waals surface area contributed by atoms with Crippen molar-refractivity contribution in [2.45, 2.75) is 31.7 Å². The Morgan fingerprint density at radius 1 is 1.42 bits per heavy atom. The van der Waals surface area contributed by atoms with Crippen LogP contribution in [0.25, 0.3) is 0 Å². The monoisotopic (exact) mass is 346 g/mol. The van der Waals surface area contributed by atoms with Gasteiger partial charge in [-0.1, -0.05) is 15.9 Å². The lowest BCUT2D eigenvalue weighted by molar-refractivity contribution is 0.365. The van der Waals surface area contributed by atoms with Crippen LogP contribution in [0.3, 0.4) is 0 Å². The van der Waals surface area contributed by atoms with Crippen molar-refractivity contribution in [3.8, 4) is 0 Å². The SMILES string of the molecule is NNC(Cc1cc(F)ccc1Br)CC1CCSCC1. The molecular weight excluding hydrogens is 327 g/mol. The number of hydrogen-bond donors (Lipinski definition) is 2. The minimum atomic E-state index is -0.192. The van der Waals surface area contributed by atoms with E-state index < -0.39 is 0 Å². The second-order valence-electron chi connectivity index (χ2n) is 5.09. The molecule has 0 amide bonds. The number of benzene rings is 1. The topological polar surface area (TPSA) is 38.0 Å². The molecule has 1 heterocycles. The predicted molar refractivity (Wildman–Crippen MR) is 83.6 cm³/mol. The van der Waals surface area contributed by atoms with E-state index >= 15 is 0 Å². The third-order valence-electron chi connectivity index (χ3n) is 3.67. The Kier molecular flexibility index (Phi) is 6.13. The summed E-state index contributed by atoms with van der Waals surface area (Å²) in [7, 11) is 0. The Morgan fingerprint density at radius 2 is 2.16 bits per heavy atom. The molecule has 1 aromatic rings. The van der Waals surface area contributed by atoms with E-state index in [1.165, 1.54) is 30.4 Å². The van der Waals surface area contributed by atoms with Crippen LogP contribution in [0.1, 0.15) is 24.8 Å². The van der Waals surface area contributed by atoms with Crippen LogP contribution >= 0.6 is 27.7 Å². The van der Waals surface area contributed by atoms with E-state index in [4.69, 9.17) is 5.84 Å². The highest BCUT2D eigenvalue weighted by Gasteiger charge is 2.19.